The molecule has 0 aliphatic rings. The van der Waals surface area contributed by atoms with Crippen molar-refractivity contribution in [3.63, 3.8) is 0 Å². The third-order valence-electron chi connectivity index (χ3n) is 1.14. The van der Waals surface area contributed by atoms with Crippen molar-refractivity contribution in [2.45, 2.75) is 26.3 Å². The Morgan fingerprint density at radius 1 is 1.60 bits per heavy atom. The first-order valence-electron chi connectivity index (χ1n) is 3.15. The van der Waals surface area contributed by atoms with Crippen LogP contribution in [0, 0.1) is 4.64 Å². The molecule has 0 saturated heterocycles. The number of aromatic amines is 1. The highest BCUT2D eigenvalue weighted by molar-refractivity contribution is 7.71. The van der Waals surface area contributed by atoms with E-state index in [1.54, 1.807) is 11.0 Å². The van der Waals surface area contributed by atoms with E-state index in [2.05, 4.69) is 31.0 Å². The molecule has 0 atom stereocenters. The summed E-state index contributed by atoms with van der Waals surface area (Å²) in [7, 11) is 0. The molecular formula is C6H11N3S. The monoisotopic (exact) mass is 157 g/mol. The van der Waals surface area contributed by atoms with Crippen LogP contribution in [0.1, 0.15) is 20.8 Å². The van der Waals surface area contributed by atoms with Gasteiger partial charge >= 0.3 is 0 Å². The molecule has 56 valence electrons. The van der Waals surface area contributed by atoms with E-state index in [1.807, 2.05) is 0 Å². The third-order valence-corrected chi connectivity index (χ3v) is 1.34. The maximum Gasteiger partial charge on any atom is 0.139 e. The van der Waals surface area contributed by atoms with Crippen LogP contribution in [0.3, 0.4) is 0 Å². The summed E-state index contributed by atoms with van der Waals surface area (Å²) in [6, 6.07) is 0. The first kappa shape index (κ1) is 7.47. The van der Waals surface area contributed by atoms with Gasteiger partial charge in [-0.1, -0.05) is 12.2 Å². The van der Waals surface area contributed by atoms with Crippen LogP contribution >= 0.6 is 12.2 Å². The molecule has 0 aliphatic heterocycles. The quantitative estimate of drug-likeness (QED) is 0.581. The number of hydrogen-bond acceptors (Lipinski definition) is 2. The largest absolute Gasteiger partial charge is 0.270 e. The Kier molecular flexibility index (Phi) is 1.64. The van der Waals surface area contributed by atoms with E-state index in [0.717, 1.165) is 0 Å². The Hall–Kier alpha value is -0.640. The predicted octanol–water partition coefficient (Wildman–Crippen LogP) is 1.70. The summed E-state index contributed by atoms with van der Waals surface area (Å²) < 4.78 is 0.676. The average Bonchev–Trinajstić information content (AvgIpc) is 2.11. The van der Waals surface area contributed by atoms with Crippen LogP contribution in [-0.4, -0.2) is 15.0 Å². The predicted molar refractivity (Wildman–Crippen MR) is 42.4 cm³/mol. The number of rotatable bonds is 0. The molecule has 0 aliphatic carbocycles. The molecule has 0 unspecified atom stereocenters. The maximum absolute atomic E-state index is 4.86. The zero-order chi connectivity index (χ0) is 7.78. The fraction of sp³-hybridized carbons (Fsp3) is 0.667. The lowest BCUT2D eigenvalue weighted by Crippen LogP contribution is -2.24. The minimum Gasteiger partial charge on any atom is -0.270 e. The molecule has 0 spiro atoms. The van der Waals surface area contributed by atoms with E-state index in [9.17, 15) is 0 Å². The Bertz CT molecular complexity index is 265. The topological polar surface area (TPSA) is 33.6 Å². The van der Waals surface area contributed by atoms with Crippen LogP contribution in [-0.2, 0) is 5.54 Å². The molecule has 0 bridgehead atoms. The Balaban J connectivity index is 3.07. The van der Waals surface area contributed by atoms with Gasteiger partial charge in [0, 0.05) is 0 Å². The smallest absolute Gasteiger partial charge is 0.139 e. The molecule has 0 radical (unpaired) electrons. The van der Waals surface area contributed by atoms with Crippen molar-refractivity contribution in [2.24, 2.45) is 0 Å². The van der Waals surface area contributed by atoms with Crippen molar-refractivity contribution in [2.75, 3.05) is 0 Å². The first-order chi connectivity index (χ1) is 4.50. The second-order valence-corrected chi connectivity index (χ2v) is 3.64. The van der Waals surface area contributed by atoms with Crippen molar-refractivity contribution in [3.8, 4) is 0 Å². The SMILES string of the molecule is CC(C)(C)n1ncc(=S)[nH]1. The molecule has 10 heavy (non-hydrogen) atoms. The van der Waals surface area contributed by atoms with Gasteiger partial charge in [-0.05, 0) is 20.8 Å². The van der Waals surface area contributed by atoms with Gasteiger partial charge in [0.25, 0.3) is 0 Å². The fourth-order valence-corrected chi connectivity index (χ4v) is 0.747. The number of nitrogens with one attached hydrogen (secondary N) is 1. The van der Waals surface area contributed by atoms with Gasteiger partial charge in [-0.3, -0.25) is 5.10 Å². The normalized spacial score (nSPS) is 11.9. The summed E-state index contributed by atoms with van der Waals surface area (Å²) in [5.74, 6) is 0. The molecule has 1 rings (SSSR count). The number of hydrogen-bond donors (Lipinski definition) is 1. The molecule has 0 aromatic carbocycles. The van der Waals surface area contributed by atoms with Crippen molar-refractivity contribution in [1.29, 1.82) is 0 Å². The molecule has 1 heterocycles. The Labute approximate surface area is 65.0 Å². The summed E-state index contributed by atoms with van der Waals surface area (Å²) in [5.41, 5.74) is -0.00292. The highest BCUT2D eigenvalue weighted by Gasteiger charge is 2.12. The maximum atomic E-state index is 4.86. The van der Waals surface area contributed by atoms with E-state index >= 15 is 0 Å². The van der Waals surface area contributed by atoms with Crippen LogP contribution in [0.5, 0.6) is 0 Å². The van der Waals surface area contributed by atoms with E-state index in [1.165, 1.54) is 0 Å². The number of nitrogens with zero attached hydrogens (tertiary/aromatic N) is 2. The van der Waals surface area contributed by atoms with E-state index < -0.39 is 0 Å². The third kappa shape index (κ3) is 1.44. The van der Waals surface area contributed by atoms with Crippen LogP contribution in [0.2, 0.25) is 0 Å². The standard InChI is InChI=1S/C6H11N3S/c1-6(2,3)9-7-4-5(10)8-9/h4H,1-3H3,(H,8,10). The zero-order valence-corrected chi connectivity index (χ0v) is 7.20. The number of H-pyrrole nitrogens is 1. The van der Waals surface area contributed by atoms with Crippen molar-refractivity contribution in [1.82, 2.24) is 15.0 Å². The molecular weight excluding hydrogens is 146 g/mol. The highest BCUT2D eigenvalue weighted by atomic mass is 32.1. The highest BCUT2D eigenvalue weighted by Crippen LogP contribution is 2.08. The van der Waals surface area contributed by atoms with Gasteiger partial charge in [0.05, 0.1) is 11.7 Å². The van der Waals surface area contributed by atoms with E-state index in [4.69, 9.17) is 12.2 Å². The Morgan fingerprint density at radius 3 is 2.40 bits per heavy atom. The minimum atomic E-state index is -0.00292. The zero-order valence-electron chi connectivity index (χ0n) is 6.38. The van der Waals surface area contributed by atoms with Gasteiger partial charge < -0.3 is 0 Å². The summed E-state index contributed by atoms with van der Waals surface area (Å²) >= 11 is 4.86. The summed E-state index contributed by atoms with van der Waals surface area (Å²) in [6.45, 7) is 6.18. The van der Waals surface area contributed by atoms with Gasteiger partial charge in [0.1, 0.15) is 4.64 Å². The second-order valence-electron chi connectivity index (χ2n) is 3.20. The molecule has 1 aromatic rings. The molecule has 0 fully saturated rings. The second kappa shape index (κ2) is 2.20. The lowest BCUT2D eigenvalue weighted by Gasteiger charge is -2.17. The van der Waals surface area contributed by atoms with Crippen LogP contribution in [0.15, 0.2) is 6.20 Å². The van der Waals surface area contributed by atoms with Crippen molar-refractivity contribution < 1.29 is 0 Å². The molecule has 1 aromatic heterocycles. The van der Waals surface area contributed by atoms with Gasteiger partial charge in [0.15, 0.2) is 0 Å². The van der Waals surface area contributed by atoms with Gasteiger partial charge in [-0.15, -0.1) is 0 Å². The molecule has 3 nitrogen and oxygen atoms in total. The summed E-state index contributed by atoms with van der Waals surface area (Å²) in [4.78, 5) is 1.75. The van der Waals surface area contributed by atoms with Crippen LogP contribution < -0.4 is 0 Å². The average molecular weight is 157 g/mol. The van der Waals surface area contributed by atoms with Crippen molar-refractivity contribution >= 4 is 12.2 Å². The lowest BCUT2D eigenvalue weighted by molar-refractivity contribution is 0.312. The molecule has 0 saturated carbocycles. The molecule has 4 heteroatoms. The van der Waals surface area contributed by atoms with Crippen LogP contribution in [0.25, 0.3) is 0 Å². The number of aromatic nitrogens is 3. The minimum absolute atomic E-state index is 0.00292. The Morgan fingerprint density at radius 2 is 2.20 bits per heavy atom. The van der Waals surface area contributed by atoms with Gasteiger partial charge in [-0.2, -0.15) is 5.10 Å². The van der Waals surface area contributed by atoms with Crippen LogP contribution in [0.4, 0.5) is 0 Å². The lowest BCUT2D eigenvalue weighted by atomic mass is 10.1. The first-order valence-corrected chi connectivity index (χ1v) is 3.56. The fourth-order valence-electron chi connectivity index (χ4n) is 0.613. The summed E-state index contributed by atoms with van der Waals surface area (Å²) in [5, 5.41) is 6.98. The van der Waals surface area contributed by atoms with E-state index in [0.29, 0.717) is 4.64 Å². The molecule has 1 N–H and O–H groups in total. The molecule has 0 amide bonds. The van der Waals surface area contributed by atoms with E-state index in [-0.39, 0.29) is 5.54 Å². The van der Waals surface area contributed by atoms with Gasteiger partial charge in [0.2, 0.25) is 0 Å². The van der Waals surface area contributed by atoms with Gasteiger partial charge in [-0.25, -0.2) is 4.80 Å². The summed E-state index contributed by atoms with van der Waals surface area (Å²) in [6.07, 6.45) is 1.64. The van der Waals surface area contributed by atoms with Crippen molar-refractivity contribution in [3.05, 3.63) is 10.8 Å².